The summed E-state index contributed by atoms with van der Waals surface area (Å²) in [6, 6.07) is 30.1. The highest BCUT2D eigenvalue weighted by atomic mass is 16.3. The van der Waals surface area contributed by atoms with E-state index < -0.39 is 0 Å². The first-order valence-corrected chi connectivity index (χ1v) is 10.4. The van der Waals surface area contributed by atoms with Crippen molar-refractivity contribution in [1.82, 2.24) is 9.88 Å². The molecule has 1 aliphatic heterocycles. The number of aromatic nitrogens is 1. The van der Waals surface area contributed by atoms with Gasteiger partial charge in [-0.2, -0.15) is 0 Å². The van der Waals surface area contributed by atoms with Gasteiger partial charge in [-0.3, -0.25) is 4.79 Å². The van der Waals surface area contributed by atoms with Crippen molar-refractivity contribution in [3.8, 4) is 11.3 Å². The second-order valence-corrected chi connectivity index (χ2v) is 7.83. The van der Waals surface area contributed by atoms with Crippen LogP contribution in [0, 0.1) is 0 Å². The molecule has 150 valence electrons. The van der Waals surface area contributed by atoms with Gasteiger partial charge in [0, 0.05) is 22.0 Å². The molecule has 0 radical (unpaired) electrons. The Kier molecular flexibility index (Phi) is 4.03. The molecule has 1 aliphatic rings. The molecule has 4 heteroatoms. The summed E-state index contributed by atoms with van der Waals surface area (Å²) < 4.78 is 5.61. The van der Waals surface area contributed by atoms with Gasteiger partial charge in [0.1, 0.15) is 5.76 Å². The van der Waals surface area contributed by atoms with E-state index in [4.69, 9.17) is 4.42 Å². The molecule has 0 saturated heterocycles. The lowest BCUT2D eigenvalue weighted by Crippen LogP contribution is -2.28. The summed E-state index contributed by atoms with van der Waals surface area (Å²) in [5, 5.41) is 1.13. The highest BCUT2D eigenvalue weighted by Crippen LogP contribution is 2.45. The van der Waals surface area contributed by atoms with Crippen LogP contribution in [0.25, 0.3) is 22.2 Å². The first-order valence-electron chi connectivity index (χ1n) is 10.4. The van der Waals surface area contributed by atoms with E-state index in [0.717, 1.165) is 44.6 Å². The molecule has 2 aromatic heterocycles. The molecule has 3 aromatic carbocycles. The van der Waals surface area contributed by atoms with Gasteiger partial charge in [0.2, 0.25) is 0 Å². The molecule has 0 unspecified atom stereocenters. The van der Waals surface area contributed by atoms with E-state index >= 15 is 0 Å². The van der Waals surface area contributed by atoms with Gasteiger partial charge in [-0.15, -0.1) is 0 Å². The van der Waals surface area contributed by atoms with Gasteiger partial charge in [-0.05, 0) is 35.4 Å². The van der Waals surface area contributed by atoms with Gasteiger partial charge in [-0.1, -0.05) is 66.7 Å². The van der Waals surface area contributed by atoms with Crippen molar-refractivity contribution in [2.75, 3.05) is 0 Å². The Morgan fingerprint density at radius 2 is 1.61 bits per heavy atom. The lowest BCUT2D eigenvalue weighted by Gasteiger charge is -2.26. The van der Waals surface area contributed by atoms with E-state index in [1.165, 1.54) is 0 Å². The molecule has 31 heavy (non-hydrogen) atoms. The number of carbonyl (C=O) groups is 1. The van der Waals surface area contributed by atoms with Crippen LogP contribution in [0.2, 0.25) is 0 Å². The standard InChI is InChI=1S/C27H20N2O2/c30-27-21-13-5-4-12-20(21)26(29(27)17-19-11-8-16-31-19)24-22-14-6-7-15-23(22)28-25(24)18-9-2-1-3-10-18/h1-16,26,28H,17H2/t26-/m0/s1. The zero-order valence-electron chi connectivity index (χ0n) is 16.8. The number of nitrogens with one attached hydrogen (secondary N) is 1. The summed E-state index contributed by atoms with van der Waals surface area (Å²) in [4.78, 5) is 19.0. The first kappa shape index (κ1) is 17.8. The van der Waals surface area contributed by atoms with E-state index in [1.807, 2.05) is 65.6 Å². The Morgan fingerprint density at radius 3 is 2.45 bits per heavy atom. The molecular formula is C27H20N2O2. The van der Waals surface area contributed by atoms with Crippen molar-refractivity contribution in [1.29, 1.82) is 0 Å². The molecule has 0 bridgehead atoms. The van der Waals surface area contributed by atoms with Crippen molar-refractivity contribution in [2.45, 2.75) is 12.6 Å². The second-order valence-electron chi connectivity index (χ2n) is 7.83. The van der Waals surface area contributed by atoms with Crippen molar-refractivity contribution in [3.63, 3.8) is 0 Å². The number of para-hydroxylation sites is 1. The minimum Gasteiger partial charge on any atom is -0.467 e. The maximum Gasteiger partial charge on any atom is 0.255 e. The number of benzene rings is 3. The van der Waals surface area contributed by atoms with Crippen LogP contribution in [0.5, 0.6) is 0 Å². The topological polar surface area (TPSA) is 49.2 Å². The summed E-state index contributed by atoms with van der Waals surface area (Å²) in [5.41, 5.74) is 6.10. The van der Waals surface area contributed by atoms with Gasteiger partial charge in [0.15, 0.2) is 0 Å². The highest BCUT2D eigenvalue weighted by molar-refractivity contribution is 6.02. The van der Waals surface area contributed by atoms with Gasteiger partial charge in [-0.25, -0.2) is 0 Å². The van der Waals surface area contributed by atoms with Gasteiger partial charge >= 0.3 is 0 Å². The number of furan rings is 1. The maximum absolute atomic E-state index is 13.5. The number of carbonyl (C=O) groups excluding carboxylic acids is 1. The Morgan fingerprint density at radius 1 is 0.839 bits per heavy atom. The van der Waals surface area contributed by atoms with E-state index in [2.05, 4.69) is 35.3 Å². The van der Waals surface area contributed by atoms with Crippen LogP contribution in [0.1, 0.15) is 33.3 Å². The number of aromatic amines is 1. The highest BCUT2D eigenvalue weighted by Gasteiger charge is 2.40. The Hall–Kier alpha value is -4.05. The minimum absolute atomic E-state index is 0.0290. The smallest absolute Gasteiger partial charge is 0.255 e. The molecule has 1 N–H and O–H groups in total. The Bertz CT molecular complexity index is 1380. The molecule has 1 atom stereocenters. The zero-order valence-corrected chi connectivity index (χ0v) is 16.8. The van der Waals surface area contributed by atoms with Crippen LogP contribution in [-0.4, -0.2) is 15.8 Å². The fraction of sp³-hybridized carbons (Fsp3) is 0.0741. The normalized spacial score (nSPS) is 15.5. The van der Waals surface area contributed by atoms with E-state index in [1.54, 1.807) is 6.26 Å². The number of fused-ring (bicyclic) bond motifs is 2. The van der Waals surface area contributed by atoms with Crippen LogP contribution in [0.15, 0.2) is 102 Å². The predicted molar refractivity (Wildman–Crippen MR) is 121 cm³/mol. The molecule has 5 aromatic rings. The molecular weight excluding hydrogens is 384 g/mol. The fourth-order valence-electron chi connectivity index (χ4n) is 4.70. The third-order valence-electron chi connectivity index (χ3n) is 6.05. The number of hydrogen-bond donors (Lipinski definition) is 1. The monoisotopic (exact) mass is 404 g/mol. The van der Waals surface area contributed by atoms with Crippen LogP contribution >= 0.6 is 0 Å². The molecule has 0 spiro atoms. The van der Waals surface area contributed by atoms with Crippen molar-refractivity contribution in [3.05, 3.63) is 120 Å². The third-order valence-corrected chi connectivity index (χ3v) is 6.05. The van der Waals surface area contributed by atoms with E-state index in [9.17, 15) is 4.79 Å². The number of H-pyrrole nitrogens is 1. The number of amides is 1. The summed E-state index contributed by atoms with van der Waals surface area (Å²) in [6.45, 7) is 0.416. The van der Waals surface area contributed by atoms with Gasteiger partial charge in [0.25, 0.3) is 5.91 Å². The predicted octanol–water partition coefficient (Wildman–Crippen LogP) is 6.17. The summed E-state index contributed by atoms with van der Waals surface area (Å²) >= 11 is 0. The van der Waals surface area contributed by atoms with Gasteiger partial charge in [0.05, 0.1) is 24.5 Å². The average molecular weight is 404 g/mol. The Labute approximate surface area is 179 Å². The van der Waals surface area contributed by atoms with Gasteiger partial charge < -0.3 is 14.3 Å². The maximum atomic E-state index is 13.5. The number of rotatable bonds is 4. The van der Waals surface area contributed by atoms with E-state index in [-0.39, 0.29) is 11.9 Å². The second kappa shape index (κ2) is 7.03. The molecule has 4 nitrogen and oxygen atoms in total. The zero-order chi connectivity index (χ0) is 20.8. The Balaban J connectivity index is 1.62. The molecule has 6 rings (SSSR count). The number of nitrogens with zero attached hydrogens (tertiary/aromatic N) is 1. The largest absolute Gasteiger partial charge is 0.467 e. The van der Waals surface area contributed by atoms with Crippen LogP contribution in [-0.2, 0) is 6.54 Å². The molecule has 0 aliphatic carbocycles. The quantitative estimate of drug-likeness (QED) is 0.389. The molecule has 0 fully saturated rings. The minimum atomic E-state index is -0.208. The summed E-state index contributed by atoms with van der Waals surface area (Å²) in [7, 11) is 0. The third kappa shape index (κ3) is 2.80. The summed E-state index contributed by atoms with van der Waals surface area (Å²) in [5.74, 6) is 0.800. The summed E-state index contributed by atoms with van der Waals surface area (Å²) in [6.07, 6.45) is 1.65. The van der Waals surface area contributed by atoms with Crippen LogP contribution in [0.4, 0.5) is 0 Å². The lowest BCUT2D eigenvalue weighted by molar-refractivity contribution is 0.0724. The van der Waals surface area contributed by atoms with Crippen LogP contribution < -0.4 is 0 Å². The SMILES string of the molecule is O=C1c2ccccc2[C@@H](c2c(-c3ccccc3)[nH]c3ccccc23)N1Cc1ccco1. The van der Waals surface area contributed by atoms with Crippen molar-refractivity contribution < 1.29 is 9.21 Å². The van der Waals surface area contributed by atoms with Crippen molar-refractivity contribution in [2.24, 2.45) is 0 Å². The van der Waals surface area contributed by atoms with E-state index in [0.29, 0.717) is 6.54 Å². The molecule has 1 amide bonds. The average Bonchev–Trinajstić information content (AvgIpc) is 3.53. The first-order chi connectivity index (χ1) is 15.3. The van der Waals surface area contributed by atoms with Crippen molar-refractivity contribution >= 4 is 16.8 Å². The lowest BCUT2D eigenvalue weighted by atomic mass is 9.93. The number of hydrogen-bond acceptors (Lipinski definition) is 2. The van der Waals surface area contributed by atoms with Crippen LogP contribution in [0.3, 0.4) is 0 Å². The molecule has 0 saturated carbocycles. The fourth-order valence-corrected chi connectivity index (χ4v) is 4.70. The molecule has 3 heterocycles.